The van der Waals surface area contributed by atoms with E-state index in [0.717, 1.165) is 11.1 Å². The number of methoxy groups -OCH3 is 1. The molecule has 3 aromatic carbocycles. The van der Waals surface area contributed by atoms with Crippen LogP contribution in [0.25, 0.3) is 28.2 Å². The van der Waals surface area contributed by atoms with Crippen molar-refractivity contribution in [2.24, 2.45) is 0 Å². The maximum absolute atomic E-state index is 12.8. The van der Waals surface area contributed by atoms with Crippen molar-refractivity contribution in [2.45, 2.75) is 6.61 Å². The van der Waals surface area contributed by atoms with Crippen molar-refractivity contribution in [2.75, 3.05) is 7.11 Å². The van der Waals surface area contributed by atoms with Crippen LogP contribution < -0.4 is 9.47 Å². The van der Waals surface area contributed by atoms with Gasteiger partial charge in [-0.3, -0.25) is 0 Å². The molecule has 0 spiro atoms. The summed E-state index contributed by atoms with van der Waals surface area (Å²) in [6.45, 7) is -2.96. The third-order valence-corrected chi connectivity index (χ3v) is 4.34. The molecule has 0 atom stereocenters. The van der Waals surface area contributed by atoms with E-state index in [1.165, 1.54) is 10.7 Å². The molecule has 0 saturated carbocycles. The summed E-state index contributed by atoms with van der Waals surface area (Å²) in [7, 11) is 1.60. The Kier molecular flexibility index (Phi) is 5.15. The summed E-state index contributed by atoms with van der Waals surface area (Å²) in [4.78, 5) is 0. The van der Waals surface area contributed by atoms with Crippen LogP contribution in [0.3, 0.4) is 0 Å². The molecular weight excluding hydrogens is 378 g/mol. The van der Waals surface area contributed by atoms with Crippen LogP contribution in [0.4, 0.5) is 8.78 Å². The molecule has 0 unspecified atom stereocenters. The number of tetrazole rings is 1. The molecule has 0 bridgehead atoms. The normalized spacial score (nSPS) is 10.9. The van der Waals surface area contributed by atoms with Gasteiger partial charge in [-0.25, -0.2) is 0 Å². The number of benzene rings is 3. The number of aromatic nitrogens is 4. The average molecular weight is 394 g/mol. The molecule has 6 nitrogen and oxygen atoms in total. The number of hydrogen-bond acceptors (Lipinski definition) is 5. The Morgan fingerprint density at radius 2 is 1.41 bits per heavy atom. The molecular formula is C21H16F2N4O2. The smallest absolute Gasteiger partial charge is 0.387 e. The van der Waals surface area contributed by atoms with Gasteiger partial charge in [0.15, 0.2) is 11.6 Å². The molecule has 0 aliphatic rings. The van der Waals surface area contributed by atoms with Crippen LogP contribution in [0.2, 0.25) is 0 Å². The number of alkyl halides is 2. The predicted molar refractivity (Wildman–Crippen MR) is 103 cm³/mol. The maximum atomic E-state index is 12.8. The van der Waals surface area contributed by atoms with Gasteiger partial charge in [0.2, 0.25) is 0 Å². The standard InChI is InChI=1S/C21H16F2N4O2/c1-28-18-12-6-4-9-15(18)14-8-2-3-10-16(14)20-24-25-26-27(20)17-11-5-7-13-19(17)29-21(22)23/h2-13,21H,1H3. The van der Waals surface area contributed by atoms with E-state index in [9.17, 15) is 8.78 Å². The fourth-order valence-electron chi connectivity index (χ4n) is 3.13. The second-order valence-corrected chi connectivity index (χ2v) is 6.01. The predicted octanol–water partition coefficient (Wildman–Crippen LogP) is 4.61. The third-order valence-electron chi connectivity index (χ3n) is 4.34. The maximum Gasteiger partial charge on any atom is 0.387 e. The molecule has 0 aliphatic heterocycles. The molecule has 0 N–H and O–H groups in total. The minimum atomic E-state index is -2.96. The van der Waals surface area contributed by atoms with Gasteiger partial charge in [0.1, 0.15) is 11.4 Å². The summed E-state index contributed by atoms with van der Waals surface area (Å²) in [6.07, 6.45) is 0. The summed E-state index contributed by atoms with van der Waals surface area (Å²) in [5.74, 6) is 1.06. The highest BCUT2D eigenvalue weighted by atomic mass is 19.3. The second-order valence-electron chi connectivity index (χ2n) is 6.01. The number of para-hydroxylation sites is 3. The highest BCUT2D eigenvalue weighted by molar-refractivity contribution is 5.84. The van der Waals surface area contributed by atoms with Gasteiger partial charge in [0, 0.05) is 11.1 Å². The Bertz CT molecular complexity index is 1130. The van der Waals surface area contributed by atoms with Crippen molar-refractivity contribution in [1.82, 2.24) is 20.2 Å². The zero-order valence-electron chi connectivity index (χ0n) is 15.4. The van der Waals surface area contributed by atoms with E-state index >= 15 is 0 Å². The number of halogens is 2. The van der Waals surface area contributed by atoms with Gasteiger partial charge in [0.05, 0.1) is 7.11 Å². The van der Waals surface area contributed by atoms with Gasteiger partial charge in [-0.05, 0) is 34.2 Å². The average Bonchev–Trinajstić information content (AvgIpc) is 3.23. The van der Waals surface area contributed by atoms with Crippen LogP contribution in [0.1, 0.15) is 0 Å². The number of ether oxygens (including phenoxy) is 2. The number of hydrogen-bond donors (Lipinski definition) is 0. The highest BCUT2D eigenvalue weighted by Gasteiger charge is 2.20. The van der Waals surface area contributed by atoms with Crippen molar-refractivity contribution in [1.29, 1.82) is 0 Å². The van der Waals surface area contributed by atoms with Crippen molar-refractivity contribution < 1.29 is 18.3 Å². The molecule has 0 fully saturated rings. The molecule has 0 saturated heterocycles. The first kappa shape index (κ1) is 18.5. The van der Waals surface area contributed by atoms with Crippen LogP contribution in [0.5, 0.6) is 11.5 Å². The Balaban J connectivity index is 1.88. The van der Waals surface area contributed by atoms with E-state index in [1.807, 2.05) is 48.5 Å². The molecule has 0 amide bonds. The molecule has 4 aromatic rings. The summed E-state index contributed by atoms with van der Waals surface area (Å²) in [5.41, 5.74) is 2.72. The minimum Gasteiger partial charge on any atom is -0.496 e. The van der Waals surface area contributed by atoms with Gasteiger partial charge in [0.25, 0.3) is 0 Å². The second kappa shape index (κ2) is 8.05. The molecule has 8 heteroatoms. The van der Waals surface area contributed by atoms with Crippen LogP contribution in [-0.4, -0.2) is 33.9 Å². The lowest BCUT2D eigenvalue weighted by Gasteiger charge is -2.14. The van der Waals surface area contributed by atoms with Crippen molar-refractivity contribution in [3.63, 3.8) is 0 Å². The Morgan fingerprint density at radius 3 is 2.14 bits per heavy atom. The van der Waals surface area contributed by atoms with E-state index in [0.29, 0.717) is 22.8 Å². The third kappa shape index (κ3) is 3.64. The van der Waals surface area contributed by atoms with Crippen LogP contribution in [-0.2, 0) is 0 Å². The lowest BCUT2D eigenvalue weighted by Crippen LogP contribution is -2.08. The number of nitrogens with zero attached hydrogens (tertiary/aromatic N) is 4. The molecule has 1 heterocycles. The number of rotatable bonds is 6. The van der Waals surface area contributed by atoms with Crippen molar-refractivity contribution in [3.05, 3.63) is 72.8 Å². The first-order valence-electron chi connectivity index (χ1n) is 8.74. The lowest BCUT2D eigenvalue weighted by atomic mass is 9.98. The van der Waals surface area contributed by atoms with Crippen LogP contribution >= 0.6 is 0 Å². The van der Waals surface area contributed by atoms with Gasteiger partial charge in [-0.1, -0.05) is 54.6 Å². The zero-order chi connectivity index (χ0) is 20.2. The van der Waals surface area contributed by atoms with E-state index in [4.69, 9.17) is 4.74 Å². The fourth-order valence-corrected chi connectivity index (χ4v) is 3.13. The molecule has 0 aliphatic carbocycles. The van der Waals surface area contributed by atoms with Crippen molar-refractivity contribution in [3.8, 4) is 39.7 Å². The van der Waals surface area contributed by atoms with Gasteiger partial charge in [-0.15, -0.1) is 5.10 Å². The SMILES string of the molecule is COc1ccccc1-c1ccccc1-c1nnnn1-c1ccccc1OC(F)F. The molecule has 1 aromatic heterocycles. The van der Waals surface area contributed by atoms with Crippen LogP contribution in [0, 0.1) is 0 Å². The molecule has 146 valence electrons. The van der Waals surface area contributed by atoms with Gasteiger partial charge >= 0.3 is 6.61 Å². The fraction of sp³-hybridized carbons (Fsp3) is 0.0952. The monoisotopic (exact) mass is 394 g/mol. The molecule has 29 heavy (non-hydrogen) atoms. The largest absolute Gasteiger partial charge is 0.496 e. The van der Waals surface area contributed by atoms with E-state index in [2.05, 4.69) is 20.3 Å². The topological polar surface area (TPSA) is 62.1 Å². The Morgan fingerprint density at radius 1 is 0.793 bits per heavy atom. The van der Waals surface area contributed by atoms with E-state index in [1.54, 1.807) is 25.3 Å². The first-order valence-corrected chi connectivity index (χ1v) is 8.74. The summed E-state index contributed by atoms with van der Waals surface area (Å²) in [6, 6.07) is 21.5. The van der Waals surface area contributed by atoms with Crippen molar-refractivity contribution >= 4 is 0 Å². The Hall–Kier alpha value is -3.81. The summed E-state index contributed by atoms with van der Waals surface area (Å²) >= 11 is 0. The highest BCUT2D eigenvalue weighted by Crippen LogP contribution is 2.37. The minimum absolute atomic E-state index is 0.0224. The van der Waals surface area contributed by atoms with Gasteiger partial charge in [-0.2, -0.15) is 13.5 Å². The molecule has 4 rings (SSSR count). The van der Waals surface area contributed by atoms with Gasteiger partial charge < -0.3 is 9.47 Å². The quantitative estimate of drug-likeness (QED) is 0.478. The summed E-state index contributed by atoms with van der Waals surface area (Å²) in [5, 5.41) is 11.9. The zero-order valence-corrected chi connectivity index (χ0v) is 15.4. The van der Waals surface area contributed by atoms with E-state index in [-0.39, 0.29) is 5.75 Å². The summed E-state index contributed by atoms with van der Waals surface area (Å²) < 4.78 is 37.2. The van der Waals surface area contributed by atoms with E-state index < -0.39 is 6.61 Å². The first-order chi connectivity index (χ1) is 14.2. The lowest BCUT2D eigenvalue weighted by molar-refractivity contribution is -0.0499. The molecule has 0 radical (unpaired) electrons. The van der Waals surface area contributed by atoms with Crippen LogP contribution in [0.15, 0.2) is 72.8 Å². The Labute approximate surface area is 165 Å².